The fourth-order valence-corrected chi connectivity index (χ4v) is 4.68. The number of aromatic nitrogens is 1. The van der Waals surface area contributed by atoms with Crippen molar-refractivity contribution < 1.29 is 14.3 Å². The summed E-state index contributed by atoms with van der Waals surface area (Å²) in [7, 11) is 0. The van der Waals surface area contributed by atoms with Crippen LogP contribution in [-0.4, -0.2) is 23.5 Å². The van der Waals surface area contributed by atoms with E-state index >= 15 is 0 Å². The van der Waals surface area contributed by atoms with E-state index in [-0.39, 0.29) is 5.91 Å². The summed E-state index contributed by atoms with van der Waals surface area (Å²) < 4.78 is 6.00. The molecule has 0 bridgehead atoms. The number of hydrogen-bond donors (Lipinski definition) is 0. The first-order chi connectivity index (χ1) is 15.1. The molecule has 0 radical (unpaired) electrons. The van der Waals surface area contributed by atoms with Crippen molar-refractivity contribution in [3.05, 3.63) is 94.1 Å². The predicted molar refractivity (Wildman–Crippen MR) is 124 cm³/mol. The number of hydrogen-bond acceptors (Lipinski definition) is 5. The predicted octanol–water partition coefficient (Wildman–Crippen LogP) is 5.97. The first-order valence-corrected chi connectivity index (χ1v) is 10.9. The molecule has 0 fully saturated rings. The zero-order chi connectivity index (χ0) is 21.8. The van der Waals surface area contributed by atoms with Crippen molar-refractivity contribution in [2.24, 2.45) is 0 Å². The molecule has 4 aromatic rings. The minimum absolute atomic E-state index is 0.202. The molecule has 2 heterocycles. The molecular weight excluding hydrogens is 432 g/mol. The SMILES string of the molecule is CCOC(=O)c1ccc(N(Cc2ccncc2)C(=O)c2sc3ccccc3c2Cl)cc1. The van der Waals surface area contributed by atoms with Crippen LogP contribution in [0.3, 0.4) is 0 Å². The van der Waals surface area contributed by atoms with Gasteiger partial charge in [-0.2, -0.15) is 0 Å². The molecule has 5 nitrogen and oxygen atoms in total. The molecular formula is C24H19ClN2O3S. The Labute approximate surface area is 188 Å². The molecule has 0 aliphatic rings. The Kier molecular flexibility index (Phi) is 6.30. The van der Waals surface area contributed by atoms with Crippen molar-refractivity contribution in [1.82, 2.24) is 4.98 Å². The summed E-state index contributed by atoms with van der Waals surface area (Å²) in [5, 5.41) is 1.31. The van der Waals surface area contributed by atoms with E-state index in [1.165, 1.54) is 11.3 Å². The smallest absolute Gasteiger partial charge is 0.338 e. The molecule has 0 spiro atoms. The number of amides is 1. The minimum atomic E-state index is -0.395. The first-order valence-electron chi connectivity index (χ1n) is 9.73. The third-order valence-electron chi connectivity index (χ3n) is 4.75. The molecule has 7 heteroatoms. The van der Waals surface area contributed by atoms with Gasteiger partial charge in [-0.3, -0.25) is 9.78 Å². The molecule has 1 amide bonds. The third-order valence-corrected chi connectivity index (χ3v) is 6.42. The van der Waals surface area contributed by atoms with Crippen LogP contribution in [0, 0.1) is 0 Å². The number of pyridine rings is 1. The number of carbonyl (C=O) groups is 2. The Morgan fingerprint density at radius 2 is 1.74 bits per heavy atom. The average Bonchev–Trinajstić information content (AvgIpc) is 3.15. The summed E-state index contributed by atoms with van der Waals surface area (Å²) in [6.07, 6.45) is 3.38. The number of benzene rings is 2. The Morgan fingerprint density at radius 3 is 2.42 bits per heavy atom. The molecule has 4 rings (SSSR count). The Morgan fingerprint density at radius 1 is 1.03 bits per heavy atom. The van der Waals surface area contributed by atoms with Crippen molar-refractivity contribution >= 4 is 50.6 Å². The lowest BCUT2D eigenvalue weighted by molar-refractivity contribution is 0.0526. The summed E-state index contributed by atoms with van der Waals surface area (Å²) in [5.74, 6) is -0.597. The minimum Gasteiger partial charge on any atom is -0.462 e. The van der Waals surface area contributed by atoms with Crippen LogP contribution in [0.4, 0.5) is 5.69 Å². The molecule has 156 valence electrons. The number of fused-ring (bicyclic) bond motifs is 1. The average molecular weight is 451 g/mol. The Hall–Kier alpha value is -3.22. The molecule has 0 N–H and O–H groups in total. The van der Waals surface area contributed by atoms with Gasteiger partial charge in [0, 0.05) is 28.2 Å². The first kappa shape index (κ1) is 21.0. The van der Waals surface area contributed by atoms with Crippen LogP contribution in [0.1, 0.15) is 32.5 Å². The zero-order valence-electron chi connectivity index (χ0n) is 16.7. The van der Waals surface area contributed by atoms with Crippen LogP contribution < -0.4 is 4.90 Å². The van der Waals surface area contributed by atoms with Gasteiger partial charge in [-0.15, -0.1) is 11.3 Å². The zero-order valence-corrected chi connectivity index (χ0v) is 18.3. The largest absolute Gasteiger partial charge is 0.462 e. The van der Waals surface area contributed by atoms with E-state index < -0.39 is 5.97 Å². The molecule has 0 aliphatic heterocycles. The van der Waals surface area contributed by atoms with E-state index in [2.05, 4.69) is 4.98 Å². The number of ether oxygens (including phenoxy) is 1. The van der Waals surface area contributed by atoms with E-state index in [9.17, 15) is 9.59 Å². The number of nitrogens with zero attached hydrogens (tertiary/aromatic N) is 2. The molecule has 0 unspecified atom stereocenters. The lowest BCUT2D eigenvalue weighted by Gasteiger charge is -2.23. The maximum atomic E-state index is 13.6. The van der Waals surface area contributed by atoms with Crippen molar-refractivity contribution in [1.29, 1.82) is 0 Å². The van der Waals surface area contributed by atoms with Crippen LogP contribution in [0.25, 0.3) is 10.1 Å². The lowest BCUT2D eigenvalue weighted by atomic mass is 10.1. The maximum Gasteiger partial charge on any atom is 0.338 e. The standard InChI is InChI=1S/C24H19ClN2O3S/c1-2-30-24(29)17-7-9-18(10-8-17)27(15-16-11-13-26-14-12-16)23(28)22-21(25)19-5-3-4-6-20(19)31-22/h3-14H,2,15H2,1H3. The quantitative estimate of drug-likeness (QED) is 0.339. The van der Waals surface area contributed by atoms with Gasteiger partial charge in [0.1, 0.15) is 4.88 Å². The highest BCUT2D eigenvalue weighted by Crippen LogP contribution is 2.37. The molecule has 2 aromatic heterocycles. The molecule has 2 aromatic carbocycles. The summed E-state index contributed by atoms with van der Waals surface area (Å²) >= 11 is 7.95. The van der Waals surface area contributed by atoms with E-state index in [0.717, 1.165) is 15.6 Å². The molecule has 31 heavy (non-hydrogen) atoms. The number of esters is 1. The van der Waals surface area contributed by atoms with Crippen molar-refractivity contribution in [3.8, 4) is 0 Å². The van der Waals surface area contributed by atoms with Gasteiger partial charge in [0.05, 0.1) is 23.7 Å². The number of thiophene rings is 1. The van der Waals surface area contributed by atoms with Crippen LogP contribution >= 0.6 is 22.9 Å². The highest BCUT2D eigenvalue weighted by Gasteiger charge is 2.24. The van der Waals surface area contributed by atoms with Gasteiger partial charge < -0.3 is 9.64 Å². The van der Waals surface area contributed by atoms with Gasteiger partial charge in [-0.05, 0) is 55.0 Å². The van der Waals surface area contributed by atoms with E-state index in [1.807, 2.05) is 36.4 Å². The topological polar surface area (TPSA) is 59.5 Å². The summed E-state index contributed by atoms with van der Waals surface area (Å²) in [5.41, 5.74) is 2.01. The maximum absolute atomic E-state index is 13.6. The fourth-order valence-electron chi connectivity index (χ4n) is 3.22. The number of carbonyl (C=O) groups excluding carboxylic acids is 2. The highest BCUT2D eigenvalue weighted by atomic mass is 35.5. The van der Waals surface area contributed by atoms with E-state index in [4.69, 9.17) is 16.3 Å². The monoisotopic (exact) mass is 450 g/mol. The fraction of sp³-hybridized carbons (Fsp3) is 0.125. The normalized spacial score (nSPS) is 10.8. The van der Waals surface area contributed by atoms with Crippen LogP contribution in [0.15, 0.2) is 73.1 Å². The summed E-state index contributed by atoms with van der Waals surface area (Å²) in [4.78, 5) is 31.8. The van der Waals surface area contributed by atoms with Gasteiger partial charge >= 0.3 is 5.97 Å². The second kappa shape index (κ2) is 9.29. The van der Waals surface area contributed by atoms with Gasteiger partial charge in [-0.1, -0.05) is 29.8 Å². The van der Waals surface area contributed by atoms with Crippen molar-refractivity contribution in [3.63, 3.8) is 0 Å². The highest BCUT2D eigenvalue weighted by molar-refractivity contribution is 7.21. The van der Waals surface area contributed by atoms with Crippen LogP contribution in [-0.2, 0) is 11.3 Å². The number of halogens is 1. The van der Waals surface area contributed by atoms with Crippen molar-refractivity contribution in [2.45, 2.75) is 13.5 Å². The second-order valence-electron chi connectivity index (χ2n) is 6.76. The van der Waals surface area contributed by atoms with Crippen LogP contribution in [0.2, 0.25) is 5.02 Å². The second-order valence-corrected chi connectivity index (χ2v) is 8.19. The van der Waals surface area contributed by atoms with E-state index in [1.54, 1.807) is 48.5 Å². The number of rotatable bonds is 6. The van der Waals surface area contributed by atoms with Gasteiger partial charge in [0.25, 0.3) is 5.91 Å². The molecule has 0 atom stereocenters. The lowest BCUT2D eigenvalue weighted by Crippen LogP contribution is -2.30. The molecule has 0 saturated heterocycles. The van der Waals surface area contributed by atoms with E-state index in [0.29, 0.717) is 34.3 Å². The molecule has 0 aliphatic carbocycles. The number of anilines is 1. The Balaban J connectivity index is 1.72. The molecule has 0 saturated carbocycles. The summed E-state index contributed by atoms with van der Waals surface area (Å²) in [6.45, 7) is 2.40. The van der Waals surface area contributed by atoms with Crippen molar-refractivity contribution in [2.75, 3.05) is 11.5 Å². The summed E-state index contributed by atoms with van der Waals surface area (Å²) in [6, 6.07) is 18.2. The van der Waals surface area contributed by atoms with Crippen LogP contribution in [0.5, 0.6) is 0 Å². The third kappa shape index (κ3) is 4.45. The van der Waals surface area contributed by atoms with Gasteiger partial charge in [-0.25, -0.2) is 4.79 Å². The van der Waals surface area contributed by atoms with Gasteiger partial charge in [0.15, 0.2) is 0 Å². The Bertz CT molecular complexity index is 1220. The van der Waals surface area contributed by atoms with Gasteiger partial charge in [0.2, 0.25) is 0 Å².